The molecule has 1 heterocycles. The highest BCUT2D eigenvalue weighted by Crippen LogP contribution is 2.29. The molecule has 1 atom stereocenters. The number of rotatable bonds is 2. The molecule has 5 heteroatoms. The van der Waals surface area contributed by atoms with Crippen molar-refractivity contribution < 1.29 is 4.79 Å². The van der Waals surface area contributed by atoms with Crippen LogP contribution in [0.2, 0.25) is 0 Å². The van der Waals surface area contributed by atoms with Crippen LogP contribution in [0.3, 0.4) is 0 Å². The average molecular weight is 242 g/mol. The van der Waals surface area contributed by atoms with E-state index < -0.39 is 0 Å². The van der Waals surface area contributed by atoms with Gasteiger partial charge in [0.2, 0.25) is 0 Å². The Morgan fingerprint density at radius 2 is 2.28 bits per heavy atom. The highest BCUT2D eigenvalue weighted by Gasteiger charge is 2.22. The third-order valence-corrected chi connectivity index (χ3v) is 3.32. The Bertz CT molecular complexity index is 550. The molecule has 0 radical (unpaired) electrons. The Balaban J connectivity index is 1.80. The van der Waals surface area contributed by atoms with Crippen LogP contribution in [0.25, 0.3) is 0 Å². The van der Waals surface area contributed by atoms with Gasteiger partial charge in [-0.05, 0) is 30.4 Å². The number of amides is 1. The summed E-state index contributed by atoms with van der Waals surface area (Å²) in [6.07, 6.45) is 4.60. The zero-order valence-electron chi connectivity index (χ0n) is 9.89. The van der Waals surface area contributed by atoms with E-state index in [0.29, 0.717) is 5.69 Å². The maximum absolute atomic E-state index is 12.0. The van der Waals surface area contributed by atoms with Crippen molar-refractivity contribution in [2.24, 2.45) is 0 Å². The van der Waals surface area contributed by atoms with E-state index >= 15 is 0 Å². The van der Waals surface area contributed by atoms with Crippen molar-refractivity contribution in [2.45, 2.75) is 25.3 Å². The molecule has 3 rings (SSSR count). The minimum Gasteiger partial charge on any atom is -0.344 e. The molecule has 1 aromatic carbocycles. The van der Waals surface area contributed by atoms with Crippen molar-refractivity contribution in [3.05, 3.63) is 47.3 Å². The largest absolute Gasteiger partial charge is 0.344 e. The number of fused-ring (bicyclic) bond motifs is 1. The first-order chi connectivity index (χ1) is 8.84. The molecule has 2 aromatic rings. The maximum Gasteiger partial charge on any atom is 0.273 e. The summed E-state index contributed by atoms with van der Waals surface area (Å²) in [6, 6.07) is 8.35. The number of aryl methyl sites for hydroxylation is 1. The number of benzene rings is 1. The zero-order chi connectivity index (χ0) is 12.4. The summed E-state index contributed by atoms with van der Waals surface area (Å²) in [7, 11) is 0. The predicted molar refractivity (Wildman–Crippen MR) is 66.0 cm³/mol. The predicted octanol–water partition coefficient (Wildman–Crippen LogP) is 1.61. The molecule has 0 fully saturated rings. The van der Waals surface area contributed by atoms with E-state index in [1.54, 1.807) is 0 Å². The van der Waals surface area contributed by atoms with Crippen molar-refractivity contribution >= 4 is 5.91 Å². The molecule has 1 aliphatic carbocycles. The Hall–Kier alpha value is -2.17. The number of hydrogen-bond acceptors (Lipinski definition) is 3. The zero-order valence-corrected chi connectivity index (χ0v) is 9.89. The van der Waals surface area contributed by atoms with Crippen molar-refractivity contribution in [2.75, 3.05) is 0 Å². The third kappa shape index (κ3) is 1.99. The van der Waals surface area contributed by atoms with Crippen LogP contribution in [-0.4, -0.2) is 21.3 Å². The topological polar surface area (TPSA) is 70.7 Å². The molecule has 0 bridgehead atoms. The number of H-pyrrole nitrogens is 1. The molecular weight excluding hydrogens is 228 g/mol. The molecule has 0 saturated heterocycles. The lowest BCUT2D eigenvalue weighted by Gasteiger charge is -2.25. The summed E-state index contributed by atoms with van der Waals surface area (Å²) in [5.74, 6) is -0.176. The lowest BCUT2D eigenvalue weighted by atomic mass is 9.88. The minimum absolute atomic E-state index is 0.0825. The van der Waals surface area contributed by atoms with E-state index in [1.807, 2.05) is 12.1 Å². The lowest BCUT2D eigenvalue weighted by Crippen LogP contribution is -2.31. The standard InChI is InChI=1S/C13H14N4O/c18-13(12-8-14-17-16-12)15-11-7-3-5-9-4-1-2-6-10(9)11/h1-2,4,6,8,11H,3,5,7H2,(H,15,18)(H,14,16,17)/t11-/m0/s1. The van der Waals surface area contributed by atoms with E-state index in [0.717, 1.165) is 19.3 Å². The smallest absolute Gasteiger partial charge is 0.273 e. The molecule has 0 unspecified atom stereocenters. The van der Waals surface area contributed by atoms with Crippen molar-refractivity contribution in [3.8, 4) is 0 Å². The van der Waals surface area contributed by atoms with Crippen molar-refractivity contribution in [1.29, 1.82) is 0 Å². The van der Waals surface area contributed by atoms with Crippen LogP contribution >= 0.6 is 0 Å². The molecule has 5 nitrogen and oxygen atoms in total. The first-order valence-electron chi connectivity index (χ1n) is 6.09. The molecule has 2 N–H and O–H groups in total. The first kappa shape index (κ1) is 11.0. The fourth-order valence-electron chi connectivity index (χ4n) is 2.45. The Labute approximate surface area is 105 Å². The van der Waals surface area contributed by atoms with Crippen LogP contribution in [0, 0.1) is 0 Å². The van der Waals surface area contributed by atoms with Gasteiger partial charge in [0, 0.05) is 0 Å². The molecule has 92 valence electrons. The molecule has 1 aromatic heterocycles. The molecule has 1 amide bonds. The maximum atomic E-state index is 12.0. The van der Waals surface area contributed by atoms with Gasteiger partial charge in [-0.1, -0.05) is 24.3 Å². The second kappa shape index (κ2) is 4.60. The van der Waals surface area contributed by atoms with E-state index in [9.17, 15) is 4.79 Å². The monoisotopic (exact) mass is 242 g/mol. The highest BCUT2D eigenvalue weighted by atomic mass is 16.2. The van der Waals surface area contributed by atoms with Gasteiger partial charge in [-0.2, -0.15) is 15.4 Å². The number of aromatic amines is 1. The second-order valence-corrected chi connectivity index (χ2v) is 4.47. The summed E-state index contributed by atoms with van der Waals surface area (Å²) in [6.45, 7) is 0. The van der Waals surface area contributed by atoms with Gasteiger partial charge in [0.15, 0.2) is 5.69 Å². The molecule has 0 spiro atoms. The van der Waals surface area contributed by atoms with Crippen LogP contribution in [-0.2, 0) is 6.42 Å². The summed E-state index contributed by atoms with van der Waals surface area (Å²) >= 11 is 0. The van der Waals surface area contributed by atoms with Crippen LogP contribution < -0.4 is 5.32 Å². The van der Waals surface area contributed by atoms with Gasteiger partial charge in [-0.15, -0.1) is 0 Å². The number of carbonyl (C=O) groups is 1. The highest BCUT2D eigenvalue weighted by molar-refractivity contribution is 5.92. The van der Waals surface area contributed by atoms with Crippen LogP contribution in [0.15, 0.2) is 30.5 Å². The van der Waals surface area contributed by atoms with Gasteiger partial charge in [-0.3, -0.25) is 4.79 Å². The third-order valence-electron chi connectivity index (χ3n) is 3.32. The van der Waals surface area contributed by atoms with E-state index in [2.05, 4.69) is 32.9 Å². The number of nitrogens with zero attached hydrogens (tertiary/aromatic N) is 2. The summed E-state index contributed by atoms with van der Waals surface area (Å²) in [5.41, 5.74) is 2.88. The Morgan fingerprint density at radius 3 is 3.11 bits per heavy atom. The SMILES string of the molecule is O=C(N[C@H]1CCCc2ccccc21)c1cn[nH]n1. The van der Waals surface area contributed by atoms with Crippen molar-refractivity contribution in [3.63, 3.8) is 0 Å². The molecule has 0 aliphatic heterocycles. The molecular formula is C13H14N4O. The Morgan fingerprint density at radius 1 is 1.39 bits per heavy atom. The summed E-state index contributed by atoms with van der Waals surface area (Å²) in [5, 5.41) is 12.9. The van der Waals surface area contributed by atoms with Gasteiger partial charge in [-0.25, -0.2) is 0 Å². The van der Waals surface area contributed by atoms with Gasteiger partial charge >= 0.3 is 0 Å². The first-order valence-corrected chi connectivity index (χ1v) is 6.09. The van der Waals surface area contributed by atoms with Gasteiger partial charge < -0.3 is 5.32 Å². The van der Waals surface area contributed by atoms with E-state index in [-0.39, 0.29) is 11.9 Å². The van der Waals surface area contributed by atoms with Crippen LogP contribution in [0.1, 0.15) is 40.5 Å². The average Bonchev–Trinajstić information content (AvgIpc) is 2.93. The molecule has 18 heavy (non-hydrogen) atoms. The fraction of sp³-hybridized carbons (Fsp3) is 0.308. The number of hydrogen-bond donors (Lipinski definition) is 2. The summed E-state index contributed by atoms with van der Waals surface area (Å²) < 4.78 is 0. The minimum atomic E-state index is -0.176. The van der Waals surface area contributed by atoms with E-state index in [4.69, 9.17) is 0 Å². The number of nitrogens with one attached hydrogen (secondary N) is 2. The lowest BCUT2D eigenvalue weighted by molar-refractivity contribution is 0.0927. The molecule has 1 aliphatic rings. The van der Waals surface area contributed by atoms with Crippen molar-refractivity contribution in [1.82, 2.24) is 20.7 Å². The number of aromatic nitrogens is 3. The van der Waals surface area contributed by atoms with Gasteiger partial charge in [0.25, 0.3) is 5.91 Å². The second-order valence-electron chi connectivity index (χ2n) is 4.47. The Kier molecular flexibility index (Phi) is 2.80. The van der Waals surface area contributed by atoms with Crippen LogP contribution in [0.5, 0.6) is 0 Å². The van der Waals surface area contributed by atoms with E-state index in [1.165, 1.54) is 17.3 Å². The van der Waals surface area contributed by atoms with Crippen LogP contribution in [0.4, 0.5) is 0 Å². The fourth-order valence-corrected chi connectivity index (χ4v) is 2.45. The molecule has 0 saturated carbocycles. The quantitative estimate of drug-likeness (QED) is 0.840. The van der Waals surface area contributed by atoms with Gasteiger partial charge in [0.1, 0.15) is 0 Å². The normalized spacial score (nSPS) is 18.1. The summed E-state index contributed by atoms with van der Waals surface area (Å²) in [4.78, 5) is 12.0. The van der Waals surface area contributed by atoms with Gasteiger partial charge in [0.05, 0.1) is 12.2 Å². The number of carbonyl (C=O) groups excluding carboxylic acids is 1.